The first-order chi connectivity index (χ1) is 13.0. The van der Waals surface area contributed by atoms with Crippen LogP contribution < -0.4 is 10.4 Å². The maximum atomic E-state index is 12.5. The Balaban J connectivity index is 2.29. The second kappa shape index (κ2) is 8.39. The quantitative estimate of drug-likeness (QED) is 0.588. The minimum Gasteiger partial charge on any atom is -0.550 e. The van der Waals surface area contributed by atoms with Crippen LogP contribution in [0, 0.1) is 10.1 Å². The van der Waals surface area contributed by atoms with Crippen LogP contribution in [0.15, 0.2) is 42.5 Å². The average Bonchev–Trinajstić information content (AvgIpc) is 2.60. The molecule has 1 N–H and O–H groups in total. The summed E-state index contributed by atoms with van der Waals surface area (Å²) >= 11 is 5.76. The van der Waals surface area contributed by atoms with Gasteiger partial charge >= 0.3 is 0 Å². The van der Waals surface area contributed by atoms with Gasteiger partial charge in [-0.2, -0.15) is 0 Å². The normalized spacial score (nSPS) is 12.3. The molecule has 1 atom stereocenters. The Labute approximate surface area is 167 Å². The van der Waals surface area contributed by atoms with Crippen LogP contribution in [-0.4, -0.2) is 16.8 Å². The summed E-state index contributed by atoms with van der Waals surface area (Å²) in [5.74, 6) is -1.97. The Morgan fingerprint density at radius 1 is 1.14 bits per heavy atom. The molecule has 0 unspecified atom stereocenters. The molecule has 2 rings (SSSR count). The SMILES string of the molecule is CC(C)(C)c1ccc([C@@H](CC(=O)[O-])NC(=O)c2ccc(Cl)c([N+](=O)[O-])c2)cc1. The number of hydrogen-bond acceptors (Lipinski definition) is 5. The molecule has 0 saturated carbocycles. The van der Waals surface area contributed by atoms with Crippen LogP contribution >= 0.6 is 11.6 Å². The van der Waals surface area contributed by atoms with Crippen molar-refractivity contribution in [3.63, 3.8) is 0 Å². The zero-order chi connectivity index (χ0) is 21.1. The minimum atomic E-state index is -1.33. The van der Waals surface area contributed by atoms with Crippen molar-refractivity contribution in [2.45, 2.75) is 38.6 Å². The highest BCUT2D eigenvalue weighted by Gasteiger charge is 2.21. The van der Waals surface area contributed by atoms with Crippen LogP contribution in [0.3, 0.4) is 0 Å². The molecule has 2 aromatic carbocycles. The van der Waals surface area contributed by atoms with E-state index in [4.69, 9.17) is 11.6 Å². The third-order valence-corrected chi connectivity index (χ3v) is 4.58. The van der Waals surface area contributed by atoms with Crippen molar-refractivity contribution < 1.29 is 19.6 Å². The summed E-state index contributed by atoms with van der Waals surface area (Å²) in [4.78, 5) is 34.0. The van der Waals surface area contributed by atoms with Gasteiger partial charge in [0.05, 0.1) is 11.0 Å². The summed E-state index contributed by atoms with van der Waals surface area (Å²) in [6.07, 6.45) is -0.434. The Kier molecular flexibility index (Phi) is 6.41. The molecular weight excluding hydrogens is 384 g/mol. The van der Waals surface area contributed by atoms with E-state index in [0.29, 0.717) is 5.56 Å². The zero-order valence-electron chi connectivity index (χ0n) is 15.7. The Morgan fingerprint density at radius 3 is 2.25 bits per heavy atom. The van der Waals surface area contributed by atoms with Crippen molar-refractivity contribution in [1.29, 1.82) is 0 Å². The molecule has 28 heavy (non-hydrogen) atoms. The van der Waals surface area contributed by atoms with Gasteiger partial charge in [0.25, 0.3) is 11.6 Å². The lowest BCUT2D eigenvalue weighted by Crippen LogP contribution is -2.34. The molecule has 0 aromatic heterocycles. The van der Waals surface area contributed by atoms with Crippen molar-refractivity contribution in [3.05, 3.63) is 74.3 Å². The fraction of sp³-hybridized carbons (Fsp3) is 0.300. The van der Waals surface area contributed by atoms with Gasteiger partial charge < -0.3 is 15.2 Å². The molecule has 0 fully saturated rings. The molecular formula is C20H20ClN2O5-. The Bertz CT molecular complexity index is 904. The molecule has 1 amide bonds. The van der Waals surface area contributed by atoms with E-state index in [1.807, 2.05) is 12.1 Å². The van der Waals surface area contributed by atoms with Crippen LogP contribution in [0.1, 0.15) is 54.7 Å². The summed E-state index contributed by atoms with van der Waals surface area (Å²) in [5, 5.41) is 24.7. The molecule has 0 spiro atoms. The van der Waals surface area contributed by atoms with Crippen LogP contribution in [0.4, 0.5) is 5.69 Å². The first-order valence-electron chi connectivity index (χ1n) is 8.54. The van der Waals surface area contributed by atoms with Crippen LogP contribution in [-0.2, 0) is 10.2 Å². The molecule has 8 heteroatoms. The second-order valence-electron chi connectivity index (χ2n) is 7.40. The lowest BCUT2D eigenvalue weighted by atomic mass is 9.86. The van der Waals surface area contributed by atoms with Crippen LogP contribution in [0.25, 0.3) is 0 Å². The third kappa shape index (κ3) is 5.29. The summed E-state index contributed by atoms with van der Waals surface area (Å²) < 4.78 is 0. The third-order valence-electron chi connectivity index (χ3n) is 4.26. The molecule has 0 aliphatic rings. The minimum absolute atomic E-state index is 0.00533. The van der Waals surface area contributed by atoms with Crippen LogP contribution in [0.2, 0.25) is 5.02 Å². The van der Waals surface area contributed by atoms with E-state index in [9.17, 15) is 24.8 Å². The number of carboxylic acids is 1. The lowest BCUT2D eigenvalue weighted by Gasteiger charge is -2.23. The number of aliphatic carboxylic acids is 1. The van der Waals surface area contributed by atoms with Crippen molar-refractivity contribution >= 4 is 29.2 Å². The molecule has 7 nitrogen and oxygen atoms in total. The van der Waals surface area contributed by atoms with Gasteiger partial charge in [-0.3, -0.25) is 14.9 Å². The predicted molar refractivity (Wildman–Crippen MR) is 103 cm³/mol. The highest BCUT2D eigenvalue weighted by molar-refractivity contribution is 6.32. The molecule has 0 heterocycles. The number of benzene rings is 2. The summed E-state index contributed by atoms with van der Waals surface area (Å²) in [6, 6.07) is 10.0. The molecule has 0 radical (unpaired) electrons. The maximum absolute atomic E-state index is 12.5. The summed E-state index contributed by atoms with van der Waals surface area (Å²) in [6.45, 7) is 6.15. The standard InChI is InChI=1S/C20H21ClN2O5/c1-20(2,3)14-7-4-12(5-8-14)16(11-18(24)25)22-19(26)13-6-9-15(21)17(10-13)23(27)28/h4-10,16H,11H2,1-3H3,(H,22,26)(H,24,25)/p-1/t16-/m1/s1. The van der Waals surface area contributed by atoms with Gasteiger partial charge in [0, 0.05) is 24.0 Å². The van der Waals surface area contributed by atoms with Crippen molar-refractivity contribution in [2.75, 3.05) is 0 Å². The van der Waals surface area contributed by atoms with E-state index in [-0.39, 0.29) is 16.0 Å². The topological polar surface area (TPSA) is 112 Å². The van der Waals surface area contributed by atoms with Crippen molar-refractivity contribution in [3.8, 4) is 0 Å². The summed E-state index contributed by atoms with van der Waals surface area (Å²) in [5.41, 5.74) is 1.18. The number of nitro groups is 1. The van der Waals surface area contributed by atoms with E-state index >= 15 is 0 Å². The van der Waals surface area contributed by atoms with Crippen LogP contribution in [0.5, 0.6) is 0 Å². The monoisotopic (exact) mass is 403 g/mol. The summed E-state index contributed by atoms with van der Waals surface area (Å²) in [7, 11) is 0. The second-order valence-corrected chi connectivity index (χ2v) is 7.80. The van der Waals surface area contributed by atoms with Crippen molar-refractivity contribution in [1.82, 2.24) is 5.32 Å². The number of nitrogens with one attached hydrogen (secondary N) is 1. The van der Waals surface area contributed by atoms with E-state index in [0.717, 1.165) is 11.6 Å². The lowest BCUT2D eigenvalue weighted by molar-refractivity contribution is -0.384. The van der Waals surface area contributed by atoms with E-state index in [1.165, 1.54) is 12.1 Å². The zero-order valence-corrected chi connectivity index (χ0v) is 16.4. The van der Waals surface area contributed by atoms with Gasteiger partial charge in [-0.1, -0.05) is 56.6 Å². The Hall–Kier alpha value is -2.93. The highest BCUT2D eigenvalue weighted by Crippen LogP contribution is 2.27. The molecule has 0 saturated heterocycles. The number of carboxylic acid groups (broad SMARTS) is 1. The first-order valence-corrected chi connectivity index (χ1v) is 8.92. The number of nitro benzene ring substituents is 1. The number of hydrogen-bond donors (Lipinski definition) is 1. The molecule has 0 aliphatic heterocycles. The number of amides is 1. The van der Waals surface area contributed by atoms with Gasteiger partial charge in [0.15, 0.2) is 0 Å². The predicted octanol–water partition coefficient (Wildman–Crippen LogP) is 3.16. The van der Waals surface area contributed by atoms with E-state index < -0.39 is 34.9 Å². The Morgan fingerprint density at radius 2 is 1.75 bits per heavy atom. The molecule has 0 aliphatic carbocycles. The number of carbonyl (C=O) groups is 2. The van der Waals surface area contributed by atoms with Gasteiger partial charge in [-0.05, 0) is 28.7 Å². The fourth-order valence-electron chi connectivity index (χ4n) is 2.67. The fourth-order valence-corrected chi connectivity index (χ4v) is 2.86. The maximum Gasteiger partial charge on any atom is 0.288 e. The largest absolute Gasteiger partial charge is 0.550 e. The van der Waals surface area contributed by atoms with Gasteiger partial charge in [0.2, 0.25) is 0 Å². The van der Waals surface area contributed by atoms with Gasteiger partial charge in [-0.15, -0.1) is 0 Å². The number of nitrogens with zero attached hydrogens (tertiary/aromatic N) is 1. The smallest absolute Gasteiger partial charge is 0.288 e. The average molecular weight is 404 g/mol. The van der Waals surface area contributed by atoms with Crippen molar-refractivity contribution in [2.24, 2.45) is 0 Å². The molecule has 2 aromatic rings. The van der Waals surface area contributed by atoms with Gasteiger partial charge in [0.1, 0.15) is 5.02 Å². The van der Waals surface area contributed by atoms with E-state index in [1.54, 1.807) is 12.1 Å². The number of carbonyl (C=O) groups excluding carboxylic acids is 2. The molecule has 0 bridgehead atoms. The number of rotatable bonds is 6. The first kappa shape index (κ1) is 21.4. The number of halogens is 1. The highest BCUT2D eigenvalue weighted by atomic mass is 35.5. The van der Waals surface area contributed by atoms with Gasteiger partial charge in [-0.25, -0.2) is 0 Å². The molecule has 148 valence electrons. The van der Waals surface area contributed by atoms with E-state index in [2.05, 4.69) is 26.1 Å².